The molecule has 0 radical (unpaired) electrons. The van der Waals surface area contributed by atoms with Crippen LogP contribution in [0.25, 0.3) is 0 Å². The highest BCUT2D eigenvalue weighted by Gasteiger charge is 2.14. The molecule has 0 atom stereocenters. The maximum Gasteiger partial charge on any atom is 0.545 e. The molecule has 0 aromatic rings. The van der Waals surface area contributed by atoms with Crippen molar-refractivity contribution in [3.05, 3.63) is 0 Å². The molecular weight excluding hydrogens is 189 g/mol. The normalized spacial score (nSPS) is 12.3. The minimum atomic E-state index is -4.68. The van der Waals surface area contributed by atoms with Gasteiger partial charge in [-0.1, -0.05) is 0 Å². The second-order valence-corrected chi connectivity index (χ2v) is 2.70. The maximum absolute atomic E-state index is 10.0. The summed E-state index contributed by atoms with van der Waals surface area (Å²) in [6.07, 6.45) is 0. The molecule has 10 heteroatoms. The summed E-state index contributed by atoms with van der Waals surface area (Å²) in [6, 6.07) is 0. The van der Waals surface area contributed by atoms with E-state index in [9.17, 15) is 4.57 Å². The van der Waals surface area contributed by atoms with E-state index in [1.165, 1.54) is 0 Å². The summed E-state index contributed by atoms with van der Waals surface area (Å²) in [5, 5.41) is 2.72. The van der Waals surface area contributed by atoms with E-state index in [4.69, 9.17) is 27.0 Å². The van der Waals surface area contributed by atoms with Gasteiger partial charge in [-0.3, -0.25) is 14.4 Å². The van der Waals surface area contributed by atoms with E-state index in [0.29, 0.717) is 0 Å². The van der Waals surface area contributed by atoms with E-state index < -0.39 is 19.7 Å². The summed E-state index contributed by atoms with van der Waals surface area (Å²) >= 11 is 0. The summed E-state index contributed by atoms with van der Waals surface area (Å²) in [4.78, 5) is 19.3. The molecule has 0 bridgehead atoms. The van der Waals surface area contributed by atoms with Gasteiger partial charge in [0, 0.05) is 0 Å². The fourth-order valence-corrected chi connectivity index (χ4v) is 0.438. The molecule has 0 amide bonds. The van der Waals surface area contributed by atoms with E-state index in [1.54, 1.807) is 0 Å². The van der Waals surface area contributed by atoms with Crippen LogP contribution < -0.4 is 17.2 Å². The van der Waals surface area contributed by atoms with Gasteiger partial charge < -0.3 is 17.2 Å². The van der Waals surface area contributed by atoms with E-state index in [0.717, 1.165) is 0 Å². The van der Waals surface area contributed by atoms with Gasteiger partial charge in [-0.2, -0.15) is 4.99 Å². The lowest BCUT2D eigenvalue weighted by Crippen LogP contribution is -2.26. The quantitative estimate of drug-likeness (QED) is 0.142. The third-order valence-corrected chi connectivity index (χ3v) is 0.779. The molecule has 0 aliphatic rings. The van der Waals surface area contributed by atoms with Crippen LogP contribution in [0.5, 0.6) is 0 Å². The molecule has 0 fully saturated rings. The lowest BCUT2D eigenvalue weighted by molar-refractivity contribution is 0.204. The Morgan fingerprint density at radius 3 is 2.17 bits per heavy atom. The molecule has 0 saturated heterocycles. The number of hydrogen-bond acceptors (Lipinski definition) is 3. The monoisotopic (exact) mass is 197 g/mol. The molecule has 0 aromatic carbocycles. The smallest absolute Gasteiger partial charge is 0.370 e. The second kappa shape index (κ2) is 3.90. The van der Waals surface area contributed by atoms with Gasteiger partial charge in [0.25, 0.3) is 5.96 Å². The molecule has 0 rings (SSSR count). The predicted octanol–water partition coefficient (Wildman–Crippen LogP) is -2.40. The van der Waals surface area contributed by atoms with Crippen LogP contribution in [-0.4, -0.2) is 21.7 Å². The predicted molar refractivity (Wildman–Crippen MR) is 40.6 cm³/mol. The molecule has 0 unspecified atom stereocenters. The third kappa shape index (κ3) is 6.81. The zero-order valence-corrected chi connectivity index (χ0v) is 6.68. The Balaban J connectivity index is 4.21. The van der Waals surface area contributed by atoms with Crippen LogP contribution in [0.4, 0.5) is 0 Å². The molecule has 0 saturated carbocycles. The van der Waals surface area contributed by atoms with Gasteiger partial charge >= 0.3 is 7.82 Å². The molecule has 0 aromatic heterocycles. The van der Waals surface area contributed by atoms with Crippen molar-refractivity contribution in [2.45, 2.75) is 0 Å². The molecule has 8 N–H and O–H groups in total. The Morgan fingerprint density at radius 1 is 1.33 bits per heavy atom. The van der Waals surface area contributed by atoms with Gasteiger partial charge in [-0.25, -0.2) is 4.57 Å². The van der Waals surface area contributed by atoms with Crippen molar-refractivity contribution in [1.82, 2.24) is 0 Å². The van der Waals surface area contributed by atoms with E-state index in [1.807, 2.05) is 0 Å². The first-order chi connectivity index (χ1) is 5.31. The molecule has 0 aliphatic carbocycles. The van der Waals surface area contributed by atoms with Crippen molar-refractivity contribution in [3.63, 3.8) is 0 Å². The fraction of sp³-hybridized carbons (Fsp3) is 0. The van der Waals surface area contributed by atoms with Crippen molar-refractivity contribution < 1.29 is 19.0 Å². The van der Waals surface area contributed by atoms with Gasteiger partial charge in [-0.05, 0) is 5.16 Å². The van der Waals surface area contributed by atoms with Gasteiger partial charge in [0.15, 0.2) is 5.96 Å². The number of nitrogens with two attached hydrogens (primary N) is 3. The van der Waals surface area contributed by atoms with Gasteiger partial charge in [-0.15, -0.1) is 0 Å². The lowest BCUT2D eigenvalue weighted by Gasteiger charge is -1.98. The molecule has 70 valence electrons. The number of phosphoric acid groups is 1. The Morgan fingerprint density at radius 2 is 1.83 bits per heavy atom. The zero-order chi connectivity index (χ0) is 9.78. The van der Waals surface area contributed by atoms with Crippen LogP contribution >= 0.6 is 7.82 Å². The fourth-order valence-electron chi connectivity index (χ4n) is 0.248. The summed E-state index contributed by atoms with van der Waals surface area (Å²) in [5.74, 6) is -0.983. The minimum absolute atomic E-state index is 0.398. The number of oxime groups is 1. The molecule has 9 nitrogen and oxygen atoms in total. The summed E-state index contributed by atoms with van der Waals surface area (Å²) in [7, 11) is -4.68. The van der Waals surface area contributed by atoms with Crippen LogP contribution in [0.1, 0.15) is 0 Å². The van der Waals surface area contributed by atoms with Gasteiger partial charge in [0.1, 0.15) is 0 Å². The third-order valence-electron chi connectivity index (χ3n) is 0.484. The first-order valence-corrected chi connectivity index (χ1v) is 4.01. The molecule has 12 heavy (non-hydrogen) atoms. The Hall–Kier alpha value is -1.31. The van der Waals surface area contributed by atoms with Crippen LogP contribution in [-0.2, 0) is 9.19 Å². The van der Waals surface area contributed by atoms with Crippen molar-refractivity contribution in [2.24, 2.45) is 27.3 Å². The largest absolute Gasteiger partial charge is 0.545 e. The topological polar surface area (TPSA) is 170 Å². The zero-order valence-electron chi connectivity index (χ0n) is 5.78. The number of guanidine groups is 2. The minimum Gasteiger partial charge on any atom is -0.370 e. The van der Waals surface area contributed by atoms with Crippen LogP contribution in [0, 0.1) is 0 Å². The van der Waals surface area contributed by atoms with E-state index >= 15 is 0 Å². The number of hydrogen-bond donors (Lipinski definition) is 5. The van der Waals surface area contributed by atoms with Gasteiger partial charge in [0.05, 0.1) is 0 Å². The number of aliphatic imine (C=N–C) groups is 1. The molecule has 0 heterocycles. The van der Waals surface area contributed by atoms with Gasteiger partial charge in [0.2, 0.25) is 0 Å². The molecule has 0 spiro atoms. The number of nitrogens with zero attached hydrogens (tertiary/aromatic N) is 2. The Bertz CT molecular complexity index is 250. The highest BCUT2D eigenvalue weighted by Crippen LogP contribution is 2.35. The Labute approximate surface area is 67.1 Å². The summed E-state index contributed by atoms with van der Waals surface area (Å²) in [6.45, 7) is 0. The van der Waals surface area contributed by atoms with Crippen LogP contribution in [0.2, 0.25) is 0 Å². The standard InChI is InChI=1S/C2H8N5O4P/c3-1(4)6-2(5)7-11-12(8,9)10/h(H2,8,9,10)(H6,3,4,5,6,7). The van der Waals surface area contributed by atoms with Crippen LogP contribution in [0.15, 0.2) is 10.1 Å². The summed E-state index contributed by atoms with van der Waals surface area (Å²) < 4.78 is 13.6. The lowest BCUT2D eigenvalue weighted by atomic mass is 11.0. The highest BCUT2D eigenvalue weighted by molar-refractivity contribution is 7.46. The average molecular weight is 197 g/mol. The first kappa shape index (κ1) is 10.7. The van der Waals surface area contributed by atoms with Crippen molar-refractivity contribution in [3.8, 4) is 0 Å². The van der Waals surface area contributed by atoms with Crippen LogP contribution in [0.3, 0.4) is 0 Å². The van der Waals surface area contributed by atoms with E-state index in [-0.39, 0.29) is 0 Å². The average Bonchev–Trinajstić information content (AvgIpc) is 1.80. The maximum atomic E-state index is 10.0. The number of rotatable bonds is 2. The van der Waals surface area contributed by atoms with Crippen molar-refractivity contribution >= 4 is 19.7 Å². The Kier molecular flexibility index (Phi) is 3.48. The molecular formula is C2H8N5O4P. The molecule has 0 aliphatic heterocycles. The van der Waals surface area contributed by atoms with E-state index in [2.05, 4.69) is 14.8 Å². The SMILES string of the molecule is NC(N)=NC(N)=NOP(=O)(O)O. The van der Waals surface area contributed by atoms with Crippen molar-refractivity contribution in [1.29, 1.82) is 0 Å². The van der Waals surface area contributed by atoms with Crippen molar-refractivity contribution in [2.75, 3.05) is 0 Å². The summed E-state index contributed by atoms with van der Waals surface area (Å²) in [5.41, 5.74) is 14.6. The highest BCUT2D eigenvalue weighted by atomic mass is 31.2. The first-order valence-electron chi connectivity index (χ1n) is 2.48. The second-order valence-electron chi connectivity index (χ2n) is 1.56.